The Morgan fingerprint density at radius 2 is 1.79 bits per heavy atom. The van der Waals surface area contributed by atoms with Crippen LogP contribution in [0.15, 0.2) is 50.5 Å². The van der Waals surface area contributed by atoms with Gasteiger partial charge < -0.3 is 9.32 Å². The van der Waals surface area contributed by atoms with Crippen molar-refractivity contribution < 1.29 is 17.2 Å². The Hall–Kier alpha value is -2.36. The van der Waals surface area contributed by atoms with Crippen LogP contribution < -0.4 is 10.7 Å². The molecule has 1 fully saturated rings. The van der Waals surface area contributed by atoms with Crippen LogP contribution in [0.2, 0.25) is 5.02 Å². The monoisotopic (exact) mass is 425 g/mol. The van der Waals surface area contributed by atoms with Crippen molar-refractivity contribution in [1.29, 1.82) is 0 Å². The minimum absolute atomic E-state index is 0.0143. The number of rotatable bonds is 3. The van der Waals surface area contributed by atoms with Crippen LogP contribution in [0.4, 0.5) is 10.1 Å². The van der Waals surface area contributed by atoms with Crippen molar-refractivity contribution in [3.63, 3.8) is 0 Å². The highest BCUT2D eigenvalue weighted by atomic mass is 35.5. The predicted molar refractivity (Wildman–Crippen MR) is 104 cm³/mol. The molecule has 3 aromatic rings. The molecule has 1 saturated heterocycles. The van der Waals surface area contributed by atoms with Crippen LogP contribution in [0.1, 0.15) is 0 Å². The van der Waals surface area contributed by atoms with Crippen LogP contribution in [0, 0.1) is 5.82 Å². The Morgan fingerprint density at radius 3 is 2.46 bits per heavy atom. The summed E-state index contributed by atoms with van der Waals surface area (Å²) in [5.74, 6) is -0.939. The van der Waals surface area contributed by atoms with Crippen molar-refractivity contribution in [2.45, 2.75) is 4.90 Å². The SMILES string of the molecule is Cn1c(=O)oc2cc(S(=O)(=O)N3CCN(c4ccccc4F)CC3)c(Cl)cc21. The van der Waals surface area contributed by atoms with Crippen molar-refractivity contribution >= 4 is 38.4 Å². The second kappa shape index (κ2) is 6.91. The maximum Gasteiger partial charge on any atom is 0.419 e. The number of hydrogen-bond donors (Lipinski definition) is 0. The summed E-state index contributed by atoms with van der Waals surface area (Å²) in [5.41, 5.74) is 1.02. The van der Waals surface area contributed by atoms with Crippen LogP contribution in [0.5, 0.6) is 0 Å². The molecule has 0 amide bonds. The number of fused-ring (bicyclic) bond motifs is 1. The molecule has 0 radical (unpaired) electrons. The first-order chi connectivity index (χ1) is 13.3. The van der Waals surface area contributed by atoms with E-state index in [1.54, 1.807) is 18.2 Å². The van der Waals surface area contributed by atoms with Crippen molar-refractivity contribution in [2.75, 3.05) is 31.1 Å². The van der Waals surface area contributed by atoms with Gasteiger partial charge in [0.1, 0.15) is 10.7 Å². The molecule has 1 aliphatic rings. The van der Waals surface area contributed by atoms with E-state index in [4.69, 9.17) is 16.0 Å². The van der Waals surface area contributed by atoms with E-state index in [1.165, 1.54) is 34.1 Å². The highest BCUT2D eigenvalue weighted by Crippen LogP contribution is 2.30. The predicted octanol–water partition coefficient (Wildman–Crippen LogP) is 2.43. The maximum absolute atomic E-state index is 14.0. The fourth-order valence-corrected chi connectivity index (χ4v) is 5.28. The molecule has 0 unspecified atom stereocenters. The largest absolute Gasteiger partial charge is 0.419 e. The lowest BCUT2D eigenvalue weighted by molar-refractivity contribution is 0.383. The molecule has 148 valence electrons. The molecular formula is C18H17ClFN3O4S. The molecule has 0 bridgehead atoms. The standard InChI is InChI=1S/C18H17ClFN3O4S/c1-21-15-10-12(19)17(11-16(15)27-18(21)24)28(25,26)23-8-6-22(7-9-23)14-5-3-2-4-13(14)20/h2-5,10-11H,6-9H2,1H3. The summed E-state index contributed by atoms with van der Waals surface area (Å²) in [6.07, 6.45) is 0. The number of anilines is 1. The molecule has 0 atom stereocenters. The lowest BCUT2D eigenvalue weighted by Gasteiger charge is -2.35. The van der Waals surface area contributed by atoms with Crippen LogP contribution in [0.25, 0.3) is 11.1 Å². The molecule has 0 saturated carbocycles. The van der Waals surface area contributed by atoms with Gasteiger partial charge in [-0.1, -0.05) is 23.7 Å². The van der Waals surface area contributed by atoms with Crippen LogP contribution in [-0.2, 0) is 17.1 Å². The van der Waals surface area contributed by atoms with Crippen LogP contribution in [0.3, 0.4) is 0 Å². The molecule has 28 heavy (non-hydrogen) atoms. The molecule has 2 heterocycles. The molecule has 0 N–H and O–H groups in total. The number of aromatic nitrogens is 1. The zero-order chi connectivity index (χ0) is 20.1. The third-order valence-electron chi connectivity index (χ3n) is 4.90. The van der Waals surface area contributed by atoms with Gasteiger partial charge in [-0.3, -0.25) is 4.57 Å². The van der Waals surface area contributed by atoms with Gasteiger partial charge >= 0.3 is 5.76 Å². The number of nitrogens with zero attached hydrogens (tertiary/aromatic N) is 3. The fourth-order valence-electron chi connectivity index (χ4n) is 3.34. The second-order valence-electron chi connectivity index (χ2n) is 6.52. The van der Waals surface area contributed by atoms with E-state index in [2.05, 4.69) is 0 Å². The first-order valence-electron chi connectivity index (χ1n) is 8.58. The zero-order valence-electron chi connectivity index (χ0n) is 14.9. The van der Waals surface area contributed by atoms with Crippen molar-refractivity contribution in [3.8, 4) is 0 Å². The van der Waals surface area contributed by atoms with Gasteiger partial charge in [0.25, 0.3) is 0 Å². The van der Waals surface area contributed by atoms with Gasteiger partial charge in [0.05, 0.1) is 16.2 Å². The van der Waals surface area contributed by atoms with E-state index in [0.717, 1.165) is 0 Å². The normalized spacial score (nSPS) is 16.0. The molecule has 1 aromatic heterocycles. The summed E-state index contributed by atoms with van der Waals surface area (Å²) in [4.78, 5) is 13.4. The van der Waals surface area contributed by atoms with Crippen molar-refractivity contribution in [1.82, 2.24) is 8.87 Å². The smallest absolute Gasteiger partial charge is 0.408 e. The summed E-state index contributed by atoms with van der Waals surface area (Å²) < 4.78 is 47.8. The minimum Gasteiger partial charge on any atom is -0.408 e. The number of aryl methyl sites for hydroxylation is 1. The average Bonchev–Trinajstić information content (AvgIpc) is 2.95. The molecule has 10 heteroatoms. The van der Waals surface area contributed by atoms with Gasteiger partial charge in [0.15, 0.2) is 5.58 Å². The topological polar surface area (TPSA) is 75.8 Å². The van der Waals surface area contributed by atoms with Gasteiger partial charge in [-0.25, -0.2) is 17.6 Å². The molecule has 4 rings (SSSR count). The molecule has 0 spiro atoms. The number of benzene rings is 2. The molecule has 0 aliphatic carbocycles. The third-order valence-corrected chi connectivity index (χ3v) is 7.26. The van der Waals surface area contributed by atoms with Gasteiger partial charge in [-0.15, -0.1) is 0 Å². The van der Waals surface area contributed by atoms with Crippen LogP contribution in [-0.4, -0.2) is 43.5 Å². The number of para-hydroxylation sites is 1. The number of oxazole rings is 1. The molecule has 1 aliphatic heterocycles. The first-order valence-corrected chi connectivity index (χ1v) is 10.4. The van der Waals surface area contributed by atoms with E-state index in [9.17, 15) is 17.6 Å². The van der Waals surface area contributed by atoms with Gasteiger partial charge in [-0.05, 0) is 18.2 Å². The Labute approximate surface area is 165 Å². The average molecular weight is 426 g/mol. The lowest BCUT2D eigenvalue weighted by Crippen LogP contribution is -2.49. The Kier molecular flexibility index (Phi) is 4.68. The second-order valence-corrected chi connectivity index (χ2v) is 8.83. The zero-order valence-corrected chi connectivity index (χ0v) is 16.5. The Bertz CT molecular complexity index is 1210. The molecular weight excluding hydrogens is 409 g/mol. The molecule has 7 nitrogen and oxygen atoms in total. The Balaban J connectivity index is 1.61. The number of halogens is 2. The summed E-state index contributed by atoms with van der Waals surface area (Å²) in [7, 11) is -2.38. The van der Waals surface area contributed by atoms with Gasteiger partial charge in [0, 0.05) is 39.3 Å². The number of piperazine rings is 1. The minimum atomic E-state index is -3.89. The van der Waals surface area contributed by atoms with Crippen molar-refractivity contribution in [3.05, 3.63) is 57.8 Å². The quantitative estimate of drug-likeness (QED) is 0.644. The Morgan fingerprint density at radius 1 is 1.11 bits per heavy atom. The van der Waals surface area contributed by atoms with E-state index in [0.29, 0.717) is 24.3 Å². The first kappa shape index (κ1) is 19.0. The highest BCUT2D eigenvalue weighted by molar-refractivity contribution is 7.89. The third kappa shape index (κ3) is 3.09. The van der Waals surface area contributed by atoms with Gasteiger partial charge in [-0.2, -0.15) is 4.31 Å². The fraction of sp³-hybridized carbons (Fsp3) is 0.278. The summed E-state index contributed by atoms with van der Waals surface area (Å²) >= 11 is 6.21. The summed E-state index contributed by atoms with van der Waals surface area (Å²) in [5, 5.41) is 0.0143. The number of hydrogen-bond acceptors (Lipinski definition) is 5. The van der Waals surface area contributed by atoms with E-state index >= 15 is 0 Å². The van der Waals surface area contributed by atoms with E-state index in [-0.39, 0.29) is 34.4 Å². The summed E-state index contributed by atoms with van der Waals surface area (Å²) in [6.45, 7) is 1.06. The van der Waals surface area contributed by atoms with E-state index < -0.39 is 15.8 Å². The number of sulfonamides is 1. The highest BCUT2D eigenvalue weighted by Gasteiger charge is 2.31. The molecule has 2 aromatic carbocycles. The summed E-state index contributed by atoms with van der Waals surface area (Å²) in [6, 6.07) is 9.08. The van der Waals surface area contributed by atoms with Crippen molar-refractivity contribution in [2.24, 2.45) is 7.05 Å². The maximum atomic E-state index is 14.0. The lowest BCUT2D eigenvalue weighted by atomic mass is 10.2. The van der Waals surface area contributed by atoms with Gasteiger partial charge in [0.2, 0.25) is 10.0 Å². The van der Waals surface area contributed by atoms with E-state index in [1.807, 2.05) is 4.90 Å². The van der Waals surface area contributed by atoms with Crippen LogP contribution >= 0.6 is 11.6 Å².